The number of halogens is 2. The average Bonchev–Trinajstić information content (AvgIpc) is 2.56. The summed E-state index contributed by atoms with van der Waals surface area (Å²) < 4.78 is 32.9. The smallest absolute Gasteiger partial charge is 0.231 e. The minimum atomic E-state index is -1.00. The zero-order valence-electron chi connectivity index (χ0n) is 13.5. The van der Waals surface area contributed by atoms with E-state index in [2.05, 4.69) is 5.32 Å². The molecule has 4 nitrogen and oxygen atoms in total. The molecule has 24 heavy (non-hydrogen) atoms. The fraction of sp³-hybridized carbons (Fsp3) is 0.278. The topological polar surface area (TPSA) is 58.6 Å². The van der Waals surface area contributed by atoms with E-state index in [4.69, 9.17) is 4.74 Å². The number of aliphatic hydroxyl groups is 1. The van der Waals surface area contributed by atoms with Gasteiger partial charge in [-0.25, -0.2) is 8.78 Å². The van der Waals surface area contributed by atoms with Crippen molar-refractivity contribution < 1.29 is 23.4 Å². The Morgan fingerprint density at radius 2 is 1.92 bits per heavy atom. The quantitative estimate of drug-likeness (QED) is 0.848. The van der Waals surface area contributed by atoms with Crippen LogP contribution in [0.1, 0.15) is 30.9 Å². The Morgan fingerprint density at radius 1 is 1.25 bits per heavy atom. The molecule has 0 aliphatic rings. The third-order valence-electron chi connectivity index (χ3n) is 3.62. The van der Waals surface area contributed by atoms with E-state index in [-0.39, 0.29) is 12.2 Å². The molecule has 0 saturated heterocycles. The Kier molecular flexibility index (Phi) is 5.87. The molecular formula is C18H19F2NO3. The summed E-state index contributed by atoms with van der Waals surface area (Å²) in [5.74, 6) is -2.56. The van der Waals surface area contributed by atoms with Gasteiger partial charge in [-0.3, -0.25) is 4.79 Å². The normalized spacial score (nSPS) is 11.9. The van der Waals surface area contributed by atoms with Crippen molar-refractivity contribution >= 4 is 11.6 Å². The van der Waals surface area contributed by atoms with Gasteiger partial charge in [0, 0.05) is 16.8 Å². The highest BCUT2D eigenvalue weighted by molar-refractivity contribution is 5.95. The summed E-state index contributed by atoms with van der Waals surface area (Å²) >= 11 is 0. The van der Waals surface area contributed by atoms with E-state index in [1.54, 1.807) is 18.2 Å². The number of carbonyl (C=O) groups is 1. The van der Waals surface area contributed by atoms with E-state index in [9.17, 15) is 18.7 Å². The van der Waals surface area contributed by atoms with Crippen LogP contribution in [-0.2, 0) is 11.4 Å². The zero-order valence-corrected chi connectivity index (χ0v) is 13.5. The third-order valence-corrected chi connectivity index (χ3v) is 3.62. The van der Waals surface area contributed by atoms with Gasteiger partial charge >= 0.3 is 0 Å². The highest BCUT2D eigenvalue weighted by Crippen LogP contribution is 2.26. The number of nitrogens with one attached hydrogen (secondary N) is 1. The van der Waals surface area contributed by atoms with E-state index < -0.39 is 23.5 Å². The van der Waals surface area contributed by atoms with E-state index in [1.807, 2.05) is 6.92 Å². The number of anilines is 1. The number of hydrogen-bond donors (Lipinski definition) is 2. The fourth-order valence-corrected chi connectivity index (χ4v) is 2.38. The van der Waals surface area contributed by atoms with E-state index in [1.165, 1.54) is 13.0 Å². The lowest BCUT2D eigenvalue weighted by Gasteiger charge is -2.15. The number of carbonyl (C=O) groups excluding carboxylic acids is 1. The first kappa shape index (κ1) is 17.9. The number of ether oxygens (including phenoxy) is 1. The van der Waals surface area contributed by atoms with E-state index in [0.717, 1.165) is 12.1 Å². The maximum Gasteiger partial charge on any atom is 0.231 e. The second-order valence-electron chi connectivity index (χ2n) is 5.26. The van der Waals surface area contributed by atoms with Crippen LogP contribution in [0.15, 0.2) is 36.4 Å². The monoisotopic (exact) mass is 335 g/mol. The Bertz CT molecular complexity index is 714. The molecule has 0 aromatic heterocycles. The van der Waals surface area contributed by atoms with Crippen LogP contribution in [-0.4, -0.2) is 17.6 Å². The molecule has 0 spiro atoms. The Balaban J connectivity index is 2.20. The van der Waals surface area contributed by atoms with Crippen molar-refractivity contribution in [3.8, 4) is 5.75 Å². The minimum Gasteiger partial charge on any atom is -0.494 e. The van der Waals surface area contributed by atoms with Crippen molar-refractivity contribution in [2.24, 2.45) is 0 Å². The van der Waals surface area contributed by atoms with Crippen molar-refractivity contribution in [2.75, 3.05) is 11.9 Å². The number of aliphatic hydroxyl groups excluding tert-OH is 1. The lowest BCUT2D eigenvalue weighted by Crippen LogP contribution is -2.21. The van der Waals surface area contributed by atoms with E-state index >= 15 is 0 Å². The van der Waals surface area contributed by atoms with Gasteiger partial charge < -0.3 is 15.2 Å². The summed E-state index contributed by atoms with van der Waals surface area (Å²) in [6.07, 6.45) is 0. The van der Waals surface area contributed by atoms with Crippen LogP contribution < -0.4 is 10.1 Å². The predicted molar refractivity (Wildman–Crippen MR) is 86.9 cm³/mol. The number of hydrogen-bond acceptors (Lipinski definition) is 3. The predicted octanol–water partition coefficient (Wildman–Crippen LogP) is 3.60. The van der Waals surface area contributed by atoms with Crippen molar-refractivity contribution in [1.29, 1.82) is 0 Å². The highest BCUT2D eigenvalue weighted by atomic mass is 19.1. The molecule has 0 aliphatic heterocycles. The molecule has 0 heterocycles. The largest absolute Gasteiger partial charge is 0.494 e. The standard InChI is InChI=1S/C18H19F2NO3/c1-3-24-16-8-7-13(9-12(16)10-22)21-18(23)11(2)17-14(19)5-4-6-15(17)20/h4-9,11,22H,3,10H2,1-2H3,(H,21,23). The molecule has 1 amide bonds. The van der Waals surface area contributed by atoms with Gasteiger partial charge in [0.1, 0.15) is 17.4 Å². The molecule has 0 radical (unpaired) electrons. The Labute approximate surface area is 139 Å². The van der Waals surface area contributed by atoms with Crippen molar-refractivity contribution in [2.45, 2.75) is 26.4 Å². The van der Waals surface area contributed by atoms with Gasteiger partial charge in [-0.2, -0.15) is 0 Å². The van der Waals surface area contributed by atoms with Gasteiger partial charge in [-0.15, -0.1) is 0 Å². The lowest BCUT2D eigenvalue weighted by molar-refractivity contribution is -0.117. The van der Waals surface area contributed by atoms with Gasteiger partial charge in [0.15, 0.2) is 0 Å². The number of rotatable bonds is 6. The number of amides is 1. The van der Waals surface area contributed by atoms with Crippen LogP contribution in [0, 0.1) is 11.6 Å². The molecule has 2 aromatic rings. The molecule has 6 heteroatoms. The second-order valence-corrected chi connectivity index (χ2v) is 5.26. The van der Waals surface area contributed by atoms with Gasteiger partial charge in [0.2, 0.25) is 5.91 Å². The third kappa shape index (κ3) is 3.89. The molecule has 0 aliphatic carbocycles. The van der Waals surface area contributed by atoms with Gasteiger partial charge in [0.25, 0.3) is 0 Å². The van der Waals surface area contributed by atoms with Gasteiger partial charge in [0.05, 0.1) is 19.1 Å². The van der Waals surface area contributed by atoms with Crippen molar-refractivity contribution in [1.82, 2.24) is 0 Å². The van der Waals surface area contributed by atoms with Crippen LogP contribution in [0.2, 0.25) is 0 Å². The summed E-state index contributed by atoms with van der Waals surface area (Å²) in [5.41, 5.74) is 0.652. The molecule has 0 fully saturated rings. The zero-order chi connectivity index (χ0) is 17.7. The van der Waals surface area contributed by atoms with Gasteiger partial charge in [-0.05, 0) is 44.2 Å². The summed E-state index contributed by atoms with van der Waals surface area (Å²) in [6.45, 7) is 3.44. The molecule has 1 unspecified atom stereocenters. The first-order valence-electron chi connectivity index (χ1n) is 7.59. The molecule has 0 saturated carbocycles. The summed E-state index contributed by atoms with van der Waals surface area (Å²) in [5, 5.41) is 12.0. The van der Waals surface area contributed by atoms with Gasteiger partial charge in [-0.1, -0.05) is 6.07 Å². The van der Waals surface area contributed by atoms with Crippen LogP contribution in [0.25, 0.3) is 0 Å². The maximum absolute atomic E-state index is 13.8. The molecular weight excluding hydrogens is 316 g/mol. The van der Waals surface area contributed by atoms with Crippen molar-refractivity contribution in [3.63, 3.8) is 0 Å². The van der Waals surface area contributed by atoms with Crippen molar-refractivity contribution in [3.05, 3.63) is 59.2 Å². The van der Waals surface area contributed by atoms with E-state index in [0.29, 0.717) is 23.6 Å². The Hall–Kier alpha value is -2.47. The summed E-state index contributed by atoms with van der Waals surface area (Å²) in [6, 6.07) is 8.27. The SMILES string of the molecule is CCOc1ccc(NC(=O)C(C)c2c(F)cccc2F)cc1CO. The average molecular weight is 335 g/mol. The lowest BCUT2D eigenvalue weighted by atomic mass is 9.99. The van der Waals surface area contributed by atoms with Crippen LogP contribution in [0.4, 0.5) is 14.5 Å². The molecule has 0 bridgehead atoms. The molecule has 2 rings (SSSR count). The first-order chi connectivity index (χ1) is 11.5. The molecule has 2 aromatic carbocycles. The summed E-state index contributed by atoms with van der Waals surface area (Å²) in [4.78, 5) is 12.3. The van der Waals surface area contributed by atoms with Crippen LogP contribution >= 0.6 is 0 Å². The first-order valence-corrected chi connectivity index (χ1v) is 7.59. The molecule has 128 valence electrons. The Morgan fingerprint density at radius 3 is 2.50 bits per heavy atom. The molecule has 2 N–H and O–H groups in total. The minimum absolute atomic E-state index is 0.253. The van der Waals surface area contributed by atoms with Crippen LogP contribution in [0.3, 0.4) is 0 Å². The summed E-state index contributed by atoms with van der Waals surface area (Å²) in [7, 11) is 0. The highest BCUT2D eigenvalue weighted by Gasteiger charge is 2.22. The fourth-order valence-electron chi connectivity index (χ4n) is 2.38. The maximum atomic E-state index is 13.8. The molecule has 1 atom stereocenters. The number of benzene rings is 2. The second kappa shape index (κ2) is 7.88. The van der Waals surface area contributed by atoms with Crippen LogP contribution in [0.5, 0.6) is 5.75 Å².